The van der Waals surface area contributed by atoms with Gasteiger partial charge in [0.1, 0.15) is 0 Å². The first-order valence-corrected chi connectivity index (χ1v) is 4.76. The average Bonchev–Trinajstić information content (AvgIpc) is 2.06. The van der Waals surface area contributed by atoms with Crippen molar-refractivity contribution in [3.63, 3.8) is 0 Å². The van der Waals surface area contributed by atoms with Gasteiger partial charge in [-0.15, -0.1) is 0 Å². The topological polar surface area (TPSA) is 64.4 Å². The van der Waals surface area contributed by atoms with Gasteiger partial charge in [-0.25, -0.2) is 4.99 Å². The summed E-state index contributed by atoms with van der Waals surface area (Å²) in [5.74, 6) is 0.0758. The van der Waals surface area contributed by atoms with E-state index in [0.29, 0.717) is 11.6 Å². The second-order valence-electron chi connectivity index (χ2n) is 2.48. The average molecular weight is 263 g/mol. The third-order valence-electron chi connectivity index (χ3n) is 1.44. The van der Waals surface area contributed by atoms with Gasteiger partial charge in [0.2, 0.25) is 0 Å². The van der Waals surface area contributed by atoms with E-state index in [-0.39, 0.29) is 5.96 Å². The Labute approximate surface area is 89.9 Å². The highest BCUT2D eigenvalue weighted by Crippen LogP contribution is 2.21. The minimum Gasteiger partial charge on any atom is -0.370 e. The van der Waals surface area contributed by atoms with E-state index in [4.69, 9.17) is 23.1 Å². The number of aliphatic imine (C=N–C) groups is 1. The highest BCUT2D eigenvalue weighted by molar-refractivity contribution is 9.10. The third-order valence-corrected chi connectivity index (χ3v) is 2.45. The monoisotopic (exact) mass is 261 g/mol. The van der Waals surface area contributed by atoms with Crippen molar-refractivity contribution in [1.82, 2.24) is 0 Å². The molecule has 70 valence electrons. The number of hydrogen-bond acceptors (Lipinski definition) is 1. The fourth-order valence-corrected chi connectivity index (χ4v) is 1.41. The van der Waals surface area contributed by atoms with E-state index in [2.05, 4.69) is 20.9 Å². The number of halogens is 2. The maximum atomic E-state index is 5.80. The first-order valence-electron chi connectivity index (χ1n) is 3.59. The Kier molecular flexibility index (Phi) is 3.57. The number of hydrogen-bond donors (Lipinski definition) is 2. The van der Waals surface area contributed by atoms with Crippen molar-refractivity contribution >= 4 is 33.5 Å². The molecule has 0 saturated heterocycles. The van der Waals surface area contributed by atoms with Crippen molar-refractivity contribution in [2.24, 2.45) is 16.5 Å². The summed E-state index contributed by atoms with van der Waals surface area (Å²) >= 11 is 9.17. The van der Waals surface area contributed by atoms with E-state index < -0.39 is 0 Å². The van der Waals surface area contributed by atoms with Crippen molar-refractivity contribution in [3.8, 4) is 0 Å². The molecule has 5 heteroatoms. The van der Waals surface area contributed by atoms with Gasteiger partial charge in [0.05, 0.1) is 6.54 Å². The Morgan fingerprint density at radius 2 is 2.15 bits per heavy atom. The molecular formula is C8H9BrClN3. The molecule has 0 heterocycles. The molecule has 1 rings (SSSR count). The lowest BCUT2D eigenvalue weighted by molar-refractivity contribution is 1.05. The standard InChI is InChI=1S/C8H9BrClN3/c9-7-2-1-6(10)3-5(7)4-13-8(11)12/h1-3H,4H2,(H4,11,12,13). The fourth-order valence-electron chi connectivity index (χ4n) is 0.841. The number of rotatable bonds is 2. The molecule has 0 radical (unpaired) electrons. The van der Waals surface area contributed by atoms with Crippen LogP contribution in [0, 0.1) is 0 Å². The normalized spacial score (nSPS) is 9.69. The van der Waals surface area contributed by atoms with Crippen LogP contribution in [-0.4, -0.2) is 5.96 Å². The van der Waals surface area contributed by atoms with Crippen LogP contribution in [0.15, 0.2) is 27.7 Å². The molecule has 1 aromatic rings. The third kappa shape index (κ3) is 3.24. The molecule has 0 fully saturated rings. The smallest absolute Gasteiger partial charge is 0.186 e. The van der Waals surface area contributed by atoms with Gasteiger partial charge in [0.15, 0.2) is 5.96 Å². The van der Waals surface area contributed by atoms with Crippen LogP contribution < -0.4 is 11.5 Å². The molecule has 0 bridgehead atoms. The summed E-state index contributed by atoms with van der Waals surface area (Å²) < 4.78 is 0.946. The molecule has 4 N–H and O–H groups in total. The van der Waals surface area contributed by atoms with Gasteiger partial charge >= 0.3 is 0 Å². The van der Waals surface area contributed by atoms with E-state index in [1.54, 1.807) is 6.07 Å². The van der Waals surface area contributed by atoms with E-state index >= 15 is 0 Å². The van der Waals surface area contributed by atoms with Crippen molar-refractivity contribution < 1.29 is 0 Å². The lowest BCUT2D eigenvalue weighted by Gasteiger charge is -2.01. The second-order valence-corrected chi connectivity index (χ2v) is 3.77. The molecule has 0 atom stereocenters. The van der Waals surface area contributed by atoms with Crippen LogP contribution in [0.4, 0.5) is 0 Å². The second kappa shape index (κ2) is 4.48. The van der Waals surface area contributed by atoms with Crippen LogP contribution in [0.1, 0.15) is 5.56 Å². The van der Waals surface area contributed by atoms with Crippen LogP contribution in [0.3, 0.4) is 0 Å². The van der Waals surface area contributed by atoms with Gasteiger partial charge in [-0.2, -0.15) is 0 Å². The van der Waals surface area contributed by atoms with Crippen molar-refractivity contribution in [1.29, 1.82) is 0 Å². The van der Waals surface area contributed by atoms with E-state index in [0.717, 1.165) is 10.0 Å². The minimum absolute atomic E-state index is 0.0758. The molecule has 0 amide bonds. The fraction of sp³-hybridized carbons (Fsp3) is 0.125. The zero-order valence-corrected chi connectivity index (χ0v) is 9.14. The van der Waals surface area contributed by atoms with Gasteiger partial charge in [-0.05, 0) is 23.8 Å². The highest BCUT2D eigenvalue weighted by Gasteiger charge is 1.99. The highest BCUT2D eigenvalue weighted by atomic mass is 79.9. The molecular weight excluding hydrogens is 253 g/mol. The van der Waals surface area contributed by atoms with Gasteiger partial charge in [-0.1, -0.05) is 27.5 Å². The first kappa shape index (κ1) is 10.3. The summed E-state index contributed by atoms with van der Waals surface area (Å²) in [5, 5.41) is 0.670. The molecule has 1 aromatic carbocycles. The number of guanidine groups is 1. The summed E-state index contributed by atoms with van der Waals surface area (Å²) in [4.78, 5) is 3.88. The molecule has 0 spiro atoms. The SMILES string of the molecule is NC(N)=NCc1cc(Cl)ccc1Br. The number of nitrogens with two attached hydrogens (primary N) is 2. The lowest BCUT2D eigenvalue weighted by atomic mass is 10.2. The summed E-state index contributed by atoms with van der Waals surface area (Å²) in [6.07, 6.45) is 0. The molecule has 13 heavy (non-hydrogen) atoms. The molecule has 0 saturated carbocycles. The van der Waals surface area contributed by atoms with Crippen LogP contribution in [0.5, 0.6) is 0 Å². The quantitative estimate of drug-likeness (QED) is 0.631. The van der Waals surface area contributed by atoms with Crippen LogP contribution >= 0.6 is 27.5 Å². The Morgan fingerprint density at radius 3 is 2.77 bits per heavy atom. The predicted octanol–water partition coefficient (Wildman–Crippen LogP) is 1.88. The Hall–Kier alpha value is -0.740. The van der Waals surface area contributed by atoms with Crippen LogP contribution in [0.2, 0.25) is 5.02 Å². The Bertz CT molecular complexity index is 334. The zero-order chi connectivity index (χ0) is 9.84. The first-order chi connectivity index (χ1) is 6.09. The van der Waals surface area contributed by atoms with Gasteiger partial charge in [0, 0.05) is 9.50 Å². The summed E-state index contributed by atoms with van der Waals surface area (Å²) in [7, 11) is 0. The van der Waals surface area contributed by atoms with Gasteiger partial charge in [-0.3, -0.25) is 0 Å². The largest absolute Gasteiger partial charge is 0.370 e. The predicted molar refractivity (Wildman–Crippen MR) is 58.7 cm³/mol. The van der Waals surface area contributed by atoms with E-state index in [9.17, 15) is 0 Å². The van der Waals surface area contributed by atoms with Crippen molar-refractivity contribution in [2.75, 3.05) is 0 Å². The van der Waals surface area contributed by atoms with Gasteiger partial charge < -0.3 is 11.5 Å². The van der Waals surface area contributed by atoms with Crippen LogP contribution in [0.25, 0.3) is 0 Å². The Balaban J connectivity index is 2.87. The lowest BCUT2D eigenvalue weighted by Crippen LogP contribution is -2.22. The molecule has 3 nitrogen and oxygen atoms in total. The summed E-state index contributed by atoms with van der Waals surface area (Å²) in [6.45, 7) is 0.434. The van der Waals surface area contributed by atoms with Crippen LogP contribution in [-0.2, 0) is 6.54 Å². The van der Waals surface area contributed by atoms with E-state index in [1.807, 2.05) is 12.1 Å². The number of nitrogens with zero attached hydrogens (tertiary/aromatic N) is 1. The number of benzene rings is 1. The Morgan fingerprint density at radius 1 is 1.46 bits per heavy atom. The zero-order valence-electron chi connectivity index (χ0n) is 6.80. The van der Waals surface area contributed by atoms with Crippen molar-refractivity contribution in [3.05, 3.63) is 33.3 Å². The molecule has 0 aliphatic carbocycles. The molecule has 0 unspecified atom stereocenters. The van der Waals surface area contributed by atoms with Crippen molar-refractivity contribution in [2.45, 2.75) is 6.54 Å². The molecule has 0 aliphatic rings. The molecule has 0 aliphatic heterocycles. The maximum absolute atomic E-state index is 5.80. The summed E-state index contributed by atoms with van der Waals surface area (Å²) in [5.41, 5.74) is 11.4. The maximum Gasteiger partial charge on any atom is 0.186 e. The minimum atomic E-state index is 0.0758. The molecule has 0 aromatic heterocycles. The summed E-state index contributed by atoms with van der Waals surface area (Å²) in [6, 6.07) is 5.47. The van der Waals surface area contributed by atoms with Gasteiger partial charge in [0.25, 0.3) is 0 Å². The van der Waals surface area contributed by atoms with E-state index in [1.165, 1.54) is 0 Å².